The molecule has 3 nitrogen and oxygen atoms in total. The molecule has 2 aromatic carbocycles. The lowest BCUT2D eigenvalue weighted by atomic mass is 10.2. The van der Waals surface area contributed by atoms with Gasteiger partial charge in [-0.1, -0.05) is 78.5 Å². The Morgan fingerprint density at radius 2 is 1.71 bits per heavy atom. The summed E-state index contributed by atoms with van der Waals surface area (Å²) in [7, 11) is -4.71. The third kappa shape index (κ3) is 5.22. The van der Waals surface area contributed by atoms with Gasteiger partial charge in [0.05, 0.1) is 13.0 Å². The van der Waals surface area contributed by atoms with Crippen molar-refractivity contribution in [2.45, 2.75) is 56.3 Å². The van der Waals surface area contributed by atoms with Gasteiger partial charge in [0.15, 0.2) is 0 Å². The zero-order valence-corrected chi connectivity index (χ0v) is 19.0. The molecule has 2 aromatic rings. The number of aryl methyl sites for hydroxylation is 1. The van der Waals surface area contributed by atoms with Crippen LogP contribution in [0.25, 0.3) is 0 Å². The quantitative estimate of drug-likeness (QED) is 0.258. The maximum Gasteiger partial charge on any atom is 0.243 e. The van der Waals surface area contributed by atoms with Crippen molar-refractivity contribution in [3.8, 4) is 0 Å². The minimum atomic E-state index is -3.31. The summed E-state index contributed by atoms with van der Waals surface area (Å²) in [6.45, 7) is 7.44. The Hall–Kier alpha value is -1.69. The van der Waals surface area contributed by atoms with Gasteiger partial charge in [-0.15, -0.1) is 0 Å². The van der Waals surface area contributed by atoms with E-state index in [-0.39, 0.29) is 6.04 Å². The normalized spacial score (nSPS) is 19.8. The highest BCUT2D eigenvalue weighted by atomic mass is 32.2. The molecule has 1 aliphatic rings. The number of nitrogens with zero attached hydrogens (tertiary/aromatic N) is 1. The highest BCUT2D eigenvalue weighted by Gasteiger charge is 2.43. The largest absolute Gasteiger partial charge is 0.243 e. The van der Waals surface area contributed by atoms with Crippen molar-refractivity contribution in [2.75, 3.05) is 6.54 Å². The van der Waals surface area contributed by atoms with Crippen LogP contribution in [0.1, 0.15) is 24.8 Å². The predicted molar refractivity (Wildman–Crippen MR) is 120 cm³/mol. The van der Waals surface area contributed by atoms with Crippen LogP contribution in [-0.4, -0.2) is 33.4 Å². The van der Waals surface area contributed by atoms with E-state index in [2.05, 4.69) is 55.6 Å². The van der Waals surface area contributed by atoms with E-state index in [1.165, 1.54) is 5.19 Å². The molecule has 5 heteroatoms. The fraction of sp³-hybridized carbons (Fsp3) is 0.391. The van der Waals surface area contributed by atoms with Crippen molar-refractivity contribution in [2.24, 2.45) is 0 Å². The maximum atomic E-state index is 12.6. The summed E-state index contributed by atoms with van der Waals surface area (Å²) < 4.78 is 26.9. The van der Waals surface area contributed by atoms with E-state index in [4.69, 9.17) is 0 Å². The van der Waals surface area contributed by atoms with Crippen LogP contribution in [0, 0.1) is 6.92 Å². The Balaban J connectivity index is 1.41. The molecule has 0 N–H and O–H groups in total. The maximum absolute atomic E-state index is 12.6. The molecular formula is C23H31NO2SSi. The number of hydrogen-bond acceptors (Lipinski definition) is 2. The topological polar surface area (TPSA) is 37.1 Å². The molecule has 150 valence electrons. The van der Waals surface area contributed by atoms with Crippen molar-refractivity contribution < 1.29 is 8.42 Å². The summed E-state index contributed by atoms with van der Waals surface area (Å²) in [6, 6.07) is 19.3. The summed E-state index contributed by atoms with van der Waals surface area (Å²) in [5.41, 5.74) is 1.08. The van der Waals surface area contributed by atoms with Gasteiger partial charge in [-0.3, -0.25) is 0 Å². The molecule has 0 aromatic heterocycles. The second-order valence-electron chi connectivity index (χ2n) is 8.40. The average molecular weight is 414 g/mol. The minimum absolute atomic E-state index is 0.176. The first-order chi connectivity index (χ1) is 13.3. The SMILES string of the molecule is Cc1ccc(S(=O)(=O)N2C[C@@H]2CCC/C=C/C[Si](C)(C)c2ccccc2)cc1. The van der Waals surface area contributed by atoms with E-state index >= 15 is 0 Å². The fourth-order valence-electron chi connectivity index (χ4n) is 3.51. The van der Waals surface area contributed by atoms with Crippen molar-refractivity contribution in [1.82, 2.24) is 4.31 Å². The van der Waals surface area contributed by atoms with Gasteiger partial charge in [-0.25, -0.2) is 8.42 Å². The highest BCUT2D eigenvalue weighted by Crippen LogP contribution is 2.31. The first kappa shape index (κ1) is 21.0. The third-order valence-electron chi connectivity index (χ3n) is 5.55. The summed E-state index contributed by atoms with van der Waals surface area (Å²) in [5.74, 6) is 0. The van der Waals surface area contributed by atoms with Gasteiger partial charge < -0.3 is 0 Å². The number of allylic oxidation sites excluding steroid dienone is 2. The van der Waals surface area contributed by atoms with Crippen LogP contribution in [-0.2, 0) is 10.0 Å². The van der Waals surface area contributed by atoms with Crippen molar-refractivity contribution >= 4 is 23.3 Å². The van der Waals surface area contributed by atoms with Gasteiger partial charge in [0, 0.05) is 12.6 Å². The van der Waals surface area contributed by atoms with Crippen LogP contribution >= 0.6 is 0 Å². The van der Waals surface area contributed by atoms with Gasteiger partial charge in [0.1, 0.15) is 0 Å². The Morgan fingerprint density at radius 3 is 2.39 bits per heavy atom. The Morgan fingerprint density at radius 1 is 1.04 bits per heavy atom. The van der Waals surface area contributed by atoms with E-state index in [1.54, 1.807) is 16.4 Å². The first-order valence-corrected chi connectivity index (χ1v) is 14.7. The van der Waals surface area contributed by atoms with Gasteiger partial charge in [-0.05, 0) is 44.4 Å². The lowest BCUT2D eigenvalue weighted by Gasteiger charge is -2.20. The Bertz CT molecular complexity index is 905. The van der Waals surface area contributed by atoms with Gasteiger partial charge >= 0.3 is 0 Å². The van der Waals surface area contributed by atoms with E-state index in [0.29, 0.717) is 11.4 Å². The molecule has 0 saturated carbocycles. The molecular weight excluding hydrogens is 382 g/mol. The van der Waals surface area contributed by atoms with E-state index in [1.807, 2.05) is 19.1 Å². The summed E-state index contributed by atoms with van der Waals surface area (Å²) >= 11 is 0. The predicted octanol–water partition coefficient (Wildman–Crippen LogP) is 4.71. The molecule has 2 atom stereocenters. The molecule has 1 aliphatic heterocycles. The molecule has 0 amide bonds. The van der Waals surface area contributed by atoms with Crippen LogP contribution in [0.15, 0.2) is 71.6 Å². The number of benzene rings is 2. The first-order valence-electron chi connectivity index (χ1n) is 10.1. The molecule has 1 unspecified atom stereocenters. The number of sulfonamides is 1. The molecule has 0 spiro atoms. The third-order valence-corrected chi connectivity index (χ3v) is 10.6. The Kier molecular flexibility index (Phi) is 6.58. The van der Waals surface area contributed by atoms with E-state index in [0.717, 1.165) is 30.9 Å². The summed E-state index contributed by atoms with van der Waals surface area (Å²) in [4.78, 5) is 0.411. The van der Waals surface area contributed by atoms with Gasteiger partial charge in [0.25, 0.3) is 0 Å². The standard InChI is InChI=1S/C23H31NO2SSi/c1-20-14-16-22(17-15-20)27(25,26)24-19-21(24)11-7-4-5-10-18-28(2,3)23-12-8-6-9-13-23/h5-6,8-10,12-17,21H,4,7,11,18-19H2,1-3H3/b10-5+/t21-,24?/m0/s1. The van der Waals surface area contributed by atoms with E-state index in [9.17, 15) is 8.42 Å². The lowest BCUT2D eigenvalue weighted by molar-refractivity contribution is 0.544. The van der Waals surface area contributed by atoms with Crippen molar-refractivity contribution in [3.05, 3.63) is 72.3 Å². The van der Waals surface area contributed by atoms with Crippen molar-refractivity contribution in [3.63, 3.8) is 0 Å². The minimum Gasteiger partial charge on any atom is -0.207 e. The molecule has 0 aliphatic carbocycles. The summed E-state index contributed by atoms with van der Waals surface area (Å²) in [6.07, 6.45) is 7.60. The molecule has 0 radical (unpaired) electrons. The summed E-state index contributed by atoms with van der Waals surface area (Å²) in [5, 5.41) is 1.49. The molecule has 1 heterocycles. The number of hydrogen-bond donors (Lipinski definition) is 0. The number of rotatable bonds is 9. The van der Waals surface area contributed by atoms with Gasteiger partial charge in [-0.2, -0.15) is 4.31 Å². The van der Waals surface area contributed by atoms with Gasteiger partial charge in [0.2, 0.25) is 10.0 Å². The zero-order chi connectivity index (χ0) is 20.2. The monoisotopic (exact) mass is 413 g/mol. The van der Waals surface area contributed by atoms with Crippen LogP contribution in [0.2, 0.25) is 19.1 Å². The van der Waals surface area contributed by atoms with Crippen molar-refractivity contribution in [1.29, 1.82) is 0 Å². The lowest BCUT2D eigenvalue weighted by Crippen LogP contribution is -2.40. The Labute approximate surface area is 171 Å². The molecule has 3 rings (SSSR count). The molecule has 1 saturated heterocycles. The fourth-order valence-corrected chi connectivity index (χ4v) is 7.21. The molecule has 1 fully saturated rings. The highest BCUT2D eigenvalue weighted by molar-refractivity contribution is 7.89. The second-order valence-corrected chi connectivity index (χ2v) is 15.0. The number of unbranched alkanes of at least 4 members (excludes halogenated alkanes) is 1. The van der Waals surface area contributed by atoms with E-state index < -0.39 is 18.1 Å². The second kappa shape index (κ2) is 8.76. The zero-order valence-electron chi connectivity index (χ0n) is 17.1. The average Bonchev–Trinajstić information content (AvgIpc) is 3.46. The van der Waals surface area contributed by atoms with Crippen LogP contribution in [0.5, 0.6) is 0 Å². The smallest absolute Gasteiger partial charge is 0.207 e. The van der Waals surface area contributed by atoms with Crippen LogP contribution in [0.4, 0.5) is 0 Å². The van der Waals surface area contributed by atoms with Crippen LogP contribution < -0.4 is 5.19 Å². The molecule has 0 bridgehead atoms. The van der Waals surface area contributed by atoms with Crippen LogP contribution in [0.3, 0.4) is 0 Å². The molecule has 28 heavy (non-hydrogen) atoms.